The molecule has 0 aromatic heterocycles. The predicted molar refractivity (Wildman–Crippen MR) is 46.5 cm³/mol. The summed E-state index contributed by atoms with van der Waals surface area (Å²) in [4.78, 5) is 0. The second-order valence-electron chi connectivity index (χ2n) is 2.08. The highest BCUT2D eigenvalue weighted by Crippen LogP contribution is 1.91. The lowest BCUT2D eigenvalue weighted by atomic mass is 9.19. The summed E-state index contributed by atoms with van der Waals surface area (Å²) in [5.74, 6) is -0.838. The fourth-order valence-corrected chi connectivity index (χ4v) is 0.789. The van der Waals surface area contributed by atoms with E-state index in [1.807, 2.05) is 14.7 Å². The molecule has 0 heterocycles. The van der Waals surface area contributed by atoms with E-state index in [-0.39, 0.29) is 6.81 Å². The molecule has 0 saturated carbocycles. The molecule has 0 rings (SSSR count). The van der Waals surface area contributed by atoms with Crippen LogP contribution in [0.1, 0.15) is 6.92 Å². The highest BCUT2D eigenvalue weighted by molar-refractivity contribution is 7.30. The van der Waals surface area contributed by atoms with Gasteiger partial charge in [-0.05, 0) is 6.92 Å². The van der Waals surface area contributed by atoms with E-state index in [0.29, 0.717) is 6.61 Å². The van der Waals surface area contributed by atoms with Gasteiger partial charge in [-0.15, -0.1) is 0 Å². The van der Waals surface area contributed by atoms with E-state index in [2.05, 4.69) is 0 Å². The van der Waals surface area contributed by atoms with Crippen molar-refractivity contribution in [2.24, 2.45) is 0 Å². The summed E-state index contributed by atoms with van der Waals surface area (Å²) in [6, 6.07) is 0. The second kappa shape index (κ2) is 4.98. The van der Waals surface area contributed by atoms with Crippen LogP contribution >= 0.6 is 0 Å². The molecule has 0 fully saturated rings. The standard InChI is InChI=1S/C3H11B4FO/c1-2-9-7(6-5)3(4)8/h3,6H,2,4-5H2,1H3. The summed E-state index contributed by atoms with van der Waals surface area (Å²) in [5, 5.41) is 0. The largest absolute Gasteiger partial charge is 0.443 e. The number of halogens is 1. The SMILES string of the molecule is BBB(OCC)C(B)F. The summed E-state index contributed by atoms with van der Waals surface area (Å²) in [6.45, 7) is 2.28. The third-order valence-electron chi connectivity index (χ3n) is 1.30. The molecular weight excluding hydrogens is 114 g/mol. The van der Waals surface area contributed by atoms with E-state index in [1.54, 1.807) is 0 Å². The minimum absolute atomic E-state index is 0.199. The smallest absolute Gasteiger partial charge is 0.268 e. The van der Waals surface area contributed by atoms with Crippen LogP contribution in [0.4, 0.5) is 4.39 Å². The molecule has 0 aliphatic heterocycles. The van der Waals surface area contributed by atoms with E-state index in [0.717, 1.165) is 7.06 Å². The van der Waals surface area contributed by atoms with Gasteiger partial charge in [-0.1, -0.05) is 0 Å². The maximum Gasteiger partial charge on any atom is 0.268 e. The fourth-order valence-electron chi connectivity index (χ4n) is 0.789. The van der Waals surface area contributed by atoms with Gasteiger partial charge in [0.1, 0.15) is 7.85 Å². The fraction of sp³-hybridized carbons (Fsp3) is 1.00. The molecule has 0 aromatic rings. The van der Waals surface area contributed by atoms with E-state index in [4.69, 9.17) is 4.65 Å². The van der Waals surface area contributed by atoms with Crippen LogP contribution in [0.25, 0.3) is 0 Å². The molecule has 0 aliphatic carbocycles. The van der Waals surface area contributed by atoms with E-state index < -0.39 is 5.97 Å². The lowest BCUT2D eigenvalue weighted by Crippen LogP contribution is -2.38. The molecule has 0 bridgehead atoms. The van der Waals surface area contributed by atoms with Gasteiger partial charge in [-0.2, -0.15) is 0 Å². The molecule has 0 aromatic carbocycles. The quantitative estimate of drug-likeness (QED) is 0.394. The van der Waals surface area contributed by atoms with Crippen LogP contribution in [0.5, 0.6) is 0 Å². The van der Waals surface area contributed by atoms with Crippen molar-refractivity contribution < 1.29 is 9.04 Å². The number of alkyl halides is 1. The highest BCUT2D eigenvalue weighted by atomic mass is 19.1. The maximum atomic E-state index is 12.4. The number of rotatable bonds is 4. The third kappa shape index (κ3) is 3.68. The van der Waals surface area contributed by atoms with E-state index in [1.165, 1.54) is 7.85 Å². The van der Waals surface area contributed by atoms with Crippen molar-refractivity contribution in [3.05, 3.63) is 0 Å². The summed E-state index contributed by atoms with van der Waals surface area (Å²) < 4.78 is 17.5. The maximum absolute atomic E-state index is 12.4. The Balaban J connectivity index is 3.41. The Morgan fingerprint density at radius 3 is 2.56 bits per heavy atom. The van der Waals surface area contributed by atoms with Crippen molar-refractivity contribution in [3.63, 3.8) is 0 Å². The van der Waals surface area contributed by atoms with Crippen molar-refractivity contribution in [3.8, 4) is 0 Å². The van der Waals surface area contributed by atoms with Crippen LogP contribution < -0.4 is 0 Å². The van der Waals surface area contributed by atoms with Crippen LogP contribution in [-0.2, 0) is 4.65 Å². The first-order chi connectivity index (χ1) is 4.22. The Morgan fingerprint density at radius 2 is 2.44 bits per heavy atom. The lowest BCUT2D eigenvalue weighted by Gasteiger charge is -2.10. The van der Waals surface area contributed by atoms with Gasteiger partial charge in [0.05, 0.1) is 20.8 Å². The van der Waals surface area contributed by atoms with Gasteiger partial charge in [0, 0.05) is 6.61 Å². The topological polar surface area (TPSA) is 9.23 Å². The van der Waals surface area contributed by atoms with E-state index >= 15 is 0 Å². The van der Waals surface area contributed by atoms with E-state index in [9.17, 15) is 4.39 Å². The Kier molecular flexibility index (Phi) is 5.06. The molecule has 6 heteroatoms. The minimum atomic E-state index is -0.838. The van der Waals surface area contributed by atoms with Crippen molar-refractivity contribution in [2.75, 3.05) is 6.61 Å². The molecule has 0 aliphatic rings. The molecule has 0 spiro atoms. The first-order valence-electron chi connectivity index (χ1n) is 3.48. The van der Waals surface area contributed by atoms with Crippen LogP contribution in [0, 0.1) is 0 Å². The van der Waals surface area contributed by atoms with Crippen molar-refractivity contribution in [2.45, 2.75) is 12.9 Å². The minimum Gasteiger partial charge on any atom is -0.443 e. The lowest BCUT2D eigenvalue weighted by molar-refractivity contribution is 0.334. The predicted octanol–water partition coefficient (Wildman–Crippen LogP) is -2.04. The molecule has 1 nitrogen and oxygen atoms in total. The van der Waals surface area contributed by atoms with Crippen LogP contribution in [0.3, 0.4) is 0 Å². The summed E-state index contributed by atoms with van der Waals surface area (Å²) in [5.41, 5.74) is 0. The monoisotopic (exact) mass is 126 g/mol. The van der Waals surface area contributed by atoms with Gasteiger partial charge in [-0.3, -0.25) is 4.39 Å². The van der Waals surface area contributed by atoms with Crippen molar-refractivity contribution >= 4 is 29.5 Å². The molecule has 0 N–H and O–H groups in total. The Labute approximate surface area is 58.9 Å². The number of hydrogen-bond acceptors (Lipinski definition) is 1. The molecule has 0 radical (unpaired) electrons. The van der Waals surface area contributed by atoms with Gasteiger partial charge in [0.2, 0.25) is 0 Å². The Hall–Kier alpha value is 0.150. The van der Waals surface area contributed by atoms with Gasteiger partial charge in [-0.25, -0.2) is 0 Å². The third-order valence-corrected chi connectivity index (χ3v) is 1.30. The van der Waals surface area contributed by atoms with Gasteiger partial charge < -0.3 is 4.65 Å². The van der Waals surface area contributed by atoms with Crippen LogP contribution in [-0.4, -0.2) is 42.0 Å². The first-order valence-corrected chi connectivity index (χ1v) is 3.48. The summed E-state index contributed by atoms with van der Waals surface area (Å²) in [7, 11) is 4.21. The molecular formula is C3H11B4FO. The Bertz CT molecular complexity index is 70.8. The molecule has 0 amide bonds. The summed E-state index contributed by atoms with van der Waals surface area (Å²) >= 11 is 0. The van der Waals surface area contributed by atoms with Gasteiger partial charge in [0.25, 0.3) is 6.81 Å². The zero-order chi connectivity index (χ0) is 7.28. The molecule has 1 unspecified atom stereocenters. The van der Waals surface area contributed by atoms with Gasteiger partial charge >= 0.3 is 0 Å². The van der Waals surface area contributed by atoms with Gasteiger partial charge in [0.15, 0.2) is 0 Å². The zero-order valence-corrected chi connectivity index (χ0v) is 6.36. The average molecular weight is 125 g/mol. The van der Waals surface area contributed by atoms with Crippen molar-refractivity contribution in [1.82, 2.24) is 0 Å². The van der Waals surface area contributed by atoms with Crippen molar-refractivity contribution in [1.29, 1.82) is 0 Å². The average Bonchev–Trinajstić information content (AvgIpc) is 1.82. The molecule has 0 saturated heterocycles. The molecule has 1 atom stereocenters. The van der Waals surface area contributed by atoms with Crippen LogP contribution in [0.2, 0.25) is 0 Å². The van der Waals surface area contributed by atoms with Crippen LogP contribution in [0.15, 0.2) is 0 Å². The highest BCUT2D eigenvalue weighted by Gasteiger charge is 2.19. The molecule has 48 valence electrons. The first kappa shape index (κ1) is 9.15. The zero-order valence-electron chi connectivity index (χ0n) is 6.36. The Morgan fingerprint density at radius 1 is 1.89 bits per heavy atom. The second-order valence-corrected chi connectivity index (χ2v) is 2.08. The summed E-state index contributed by atoms with van der Waals surface area (Å²) in [6.07, 6.45) is 0. The molecule has 9 heavy (non-hydrogen) atoms. The normalized spacial score (nSPS) is 12.7. The number of hydrogen-bond donors (Lipinski definition) is 0.